The van der Waals surface area contributed by atoms with E-state index in [4.69, 9.17) is 4.98 Å². The third kappa shape index (κ3) is 4.66. The summed E-state index contributed by atoms with van der Waals surface area (Å²) < 4.78 is 0. The predicted molar refractivity (Wildman–Crippen MR) is 122 cm³/mol. The average molecular weight is 438 g/mol. The highest BCUT2D eigenvalue weighted by Crippen LogP contribution is 2.29. The number of carbonyl (C=O) groups is 1. The Morgan fingerprint density at radius 1 is 1.25 bits per heavy atom. The van der Waals surface area contributed by atoms with Crippen LogP contribution in [0.1, 0.15) is 23.2 Å². The van der Waals surface area contributed by atoms with Gasteiger partial charge in [0.2, 0.25) is 0 Å². The van der Waals surface area contributed by atoms with Crippen molar-refractivity contribution in [1.82, 2.24) is 15.2 Å². The summed E-state index contributed by atoms with van der Waals surface area (Å²) in [5, 5.41) is 6.23. The van der Waals surface area contributed by atoms with Gasteiger partial charge in [-0.2, -0.15) is 0 Å². The molecule has 2 aromatic heterocycles. The highest BCUT2D eigenvalue weighted by molar-refractivity contribution is 7.13. The molecule has 1 aromatic carbocycles. The largest absolute Gasteiger partial charge is 0.338 e. The molecule has 0 aliphatic carbocycles. The van der Waals surface area contributed by atoms with Crippen LogP contribution in [-0.2, 0) is 0 Å². The monoisotopic (exact) mass is 437 g/mol. The van der Waals surface area contributed by atoms with Gasteiger partial charge in [-0.15, -0.1) is 36.2 Å². The number of piperidine rings is 1. The quantitative estimate of drug-likeness (QED) is 0.632. The molecule has 3 heterocycles. The number of rotatable bonds is 4. The van der Waals surface area contributed by atoms with Crippen molar-refractivity contribution in [3.63, 3.8) is 0 Å². The number of hydrogen-bond acceptors (Lipinski definition) is 4. The maximum absolute atomic E-state index is 13.4. The summed E-state index contributed by atoms with van der Waals surface area (Å²) in [5.41, 5.74) is 2.53. The zero-order valence-electron chi connectivity index (χ0n) is 15.8. The Hall–Kier alpha value is -1.66. The molecule has 1 amide bonds. The van der Waals surface area contributed by atoms with Crippen molar-refractivity contribution in [3.05, 3.63) is 53.4 Å². The molecule has 0 bridgehead atoms. The van der Waals surface area contributed by atoms with Crippen LogP contribution < -0.4 is 5.32 Å². The average Bonchev–Trinajstić information content (AvgIpc) is 3.22. The van der Waals surface area contributed by atoms with Crippen molar-refractivity contribution in [3.8, 4) is 10.6 Å². The summed E-state index contributed by atoms with van der Waals surface area (Å²) in [7, 11) is 1.98. The van der Waals surface area contributed by atoms with Crippen LogP contribution in [0.5, 0.6) is 0 Å². The lowest BCUT2D eigenvalue weighted by atomic mass is 9.96. The summed E-state index contributed by atoms with van der Waals surface area (Å²) in [5.74, 6) is 0.657. The second kappa shape index (κ2) is 10.2. The Balaban J connectivity index is 0.00000140. The fraction of sp³-hybridized carbons (Fsp3) is 0.333. The van der Waals surface area contributed by atoms with E-state index in [9.17, 15) is 4.79 Å². The SMILES string of the molecule is CNCC1CCCN(C(=O)c2cc(-c3cccs3)nc3ccccc23)C1.Cl.Cl. The topological polar surface area (TPSA) is 45.2 Å². The molecule has 1 atom stereocenters. The molecule has 1 fully saturated rings. The number of carbonyl (C=O) groups excluding carboxylic acids is 1. The Labute approximate surface area is 182 Å². The van der Waals surface area contributed by atoms with Crippen molar-refractivity contribution < 1.29 is 4.79 Å². The van der Waals surface area contributed by atoms with Gasteiger partial charge in [-0.1, -0.05) is 24.3 Å². The maximum atomic E-state index is 13.4. The van der Waals surface area contributed by atoms with E-state index in [1.54, 1.807) is 11.3 Å². The summed E-state index contributed by atoms with van der Waals surface area (Å²) in [6.07, 6.45) is 2.25. The fourth-order valence-corrected chi connectivity index (χ4v) is 4.46. The van der Waals surface area contributed by atoms with Crippen LogP contribution in [0.2, 0.25) is 0 Å². The first-order chi connectivity index (χ1) is 12.8. The molecule has 4 nitrogen and oxygen atoms in total. The first-order valence-electron chi connectivity index (χ1n) is 9.14. The van der Waals surface area contributed by atoms with Crippen molar-refractivity contribution in [2.75, 3.05) is 26.7 Å². The van der Waals surface area contributed by atoms with Crippen molar-refractivity contribution >= 4 is 53.0 Å². The molecular formula is C21H25Cl2N3OS. The number of aromatic nitrogens is 1. The number of fused-ring (bicyclic) bond motifs is 1. The van der Waals surface area contributed by atoms with Gasteiger partial charge in [0.05, 0.1) is 21.7 Å². The van der Waals surface area contributed by atoms with E-state index in [-0.39, 0.29) is 30.7 Å². The lowest BCUT2D eigenvalue weighted by molar-refractivity contribution is 0.0676. The number of thiophene rings is 1. The van der Waals surface area contributed by atoms with E-state index in [1.165, 1.54) is 6.42 Å². The van der Waals surface area contributed by atoms with Crippen molar-refractivity contribution in [2.45, 2.75) is 12.8 Å². The number of halogens is 2. The fourth-order valence-electron chi connectivity index (χ4n) is 3.78. The van der Waals surface area contributed by atoms with E-state index < -0.39 is 0 Å². The smallest absolute Gasteiger partial charge is 0.254 e. The van der Waals surface area contributed by atoms with E-state index >= 15 is 0 Å². The van der Waals surface area contributed by atoms with Crippen LogP contribution in [0, 0.1) is 5.92 Å². The number of nitrogens with zero attached hydrogens (tertiary/aromatic N) is 2. The third-order valence-corrected chi connectivity index (χ3v) is 5.91. The minimum absolute atomic E-state index is 0. The number of para-hydroxylation sites is 1. The first-order valence-corrected chi connectivity index (χ1v) is 10.0. The molecule has 3 aromatic rings. The van der Waals surface area contributed by atoms with Crippen LogP contribution in [0.4, 0.5) is 0 Å². The number of hydrogen-bond donors (Lipinski definition) is 1. The van der Waals surface area contributed by atoms with E-state index in [2.05, 4.69) is 11.4 Å². The Morgan fingerprint density at radius 2 is 2.07 bits per heavy atom. The molecule has 1 saturated heterocycles. The Bertz CT molecular complexity index is 915. The molecule has 150 valence electrons. The number of likely N-dealkylation sites (tertiary alicyclic amines) is 1. The Morgan fingerprint density at radius 3 is 2.82 bits per heavy atom. The molecule has 0 radical (unpaired) electrons. The van der Waals surface area contributed by atoms with Crippen LogP contribution >= 0.6 is 36.2 Å². The third-order valence-electron chi connectivity index (χ3n) is 5.02. The van der Waals surface area contributed by atoms with Crippen LogP contribution in [0.25, 0.3) is 21.5 Å². The Kier molecular flexibility index (Phi) is 8.25. The van der Waals surface area contributed by atoms with Gasteiger partial charge in [0.1, 0.15) is 0 Å². The molecule has 1 aliphatic rings. The normalized spacial score (nSPS) is 16.3. The summed E-state index contributed by atoms with van der Waals surface area (Å²) in [6, 6.07) is 14.0. The van der Waals surface area contributed by atoms with Gasteiger partial charge in [-0.25, -0.2) is 4.98 Å². The molecule has 0 saturated carbocycles. The molecule has 1 aliphatic heterocycles. The van der Waals surface area contributed by atoms with Gasteiger partial charge in [-0.3, -0.25) is 4.79 Å². The van der Waals surface area contributed by atoms with Gasteiger partial charge in [0.25, 0.3) is 5.91 Å². The van der Waals surface area contributed by atoms with Gasteiger partial charge in [-0.05, 0) is 55.9 Å². The van der Waals surface area contributed by atoms with Crippen LogP contribution in [-0.4, -0.2) is 42.5 Å². The van der Waals surface area contributed by atoms with Gasteiger partial charge >= 0.3 is 0 Å². The number of nitrogens with one attached hydrogen (secondary N) is 1. The molecule has 1 unspecified atom stereocenters. The van der Waals surface area contributed by atoms with Crippen LogP contribution in [0.15, 0.2) is 47.8 Å². The van der Waals surface area contributed by atoms with Crippen LogP contribution in [0.3, 0.4) is 0 Å². The second-order valence-electron chi connectivity index (χ2n) is 6.87. The van der Waals surface area contributed by atoms with Gasteiger partial charge < -0.3 is 10.2 Å². The van der Waals surface area contributed by atoms with E-state index in [1.807, 2.05) is 53.7 Å². The standard InChI is InChI=1S/C21H23N3OS.2ClH/c1-22-13-15-6-4-10-24(14-15)21(25)17-12-19(20-9-5-11-26-20)23-18-8-3-2-7-16(17)18;;/h2-3,5,7-9,11-12,15,22H,4,6,10,13-14H2,1H3;2*1H. The molecular weight excluding hydrogens is 413 g/mol. The molecule has 4 rings (SSSR count). The molecule has 7 heteroatoms. The van der Waals surface area contributed by atoms with Gasteiger partial charge in [0.15, 0.2) is 0 Å². The van der Waals surface area contributed by atoms with E-state index in [0.717, 1.165) is 53.1 Å². The lowest BCUT2D eigenvalue weighted by Gasteiger charge is -2.33. The predicted octanol–water partition coefficient (Wildman–Crippen LogP) is 4.88. The molecule has 28 heavy (non-hydrogen) atoms. The number of pyridine rings is 1. The zero-order chi connectivity index (χ0) is 17.9. The second-order valence-corrected chi connectivity index (χ2v) is 7.81. The highest BCUT2D eigenvalue weighted by atomic mass is 35.5. The minimum atomic E-state index is 0. The minimum Gasteiger partial charge on any atom is -0.338 e. The lowest BCUT2D eigenvalue weighted by Crippen LogP contribution is -2.42. The summed E-state index contributed by atoms with van der Waals surface area (Å²) in [6.45, 7) is 2.62. The highest BCUT2D eigenvalue weighted by Gasteiger charge is 2.25. The zero-order valence-corrected chi connectivity index (χ0v) is 18.2. The summed E-state index contributed by atoms with van der Waals surface area (Å²) >= 11 is 1.65. The molecule has 0 spiro atoms. The number of benzene rings is 1. The molecule has 1 N–H and O–H groups in total. The maximum Gasteiger partial charge on any atom is 0.254 e. The summed E-state index contributed by atoms with van der Waals surface area (Å²) in [4.78, 5) is 21.3. The van der Waals surface area contributed by atoms with Crippen molar-refractivity contribution in [2.24, 2.45) is 5.92 Å². The first kappa shape index (κ1) is 22.6. The number of amides is 1. The van der Waals surface area contributed by atoms with Gasteiger partial charge in [0, 0.05) is 18.5 Å². The van der Waals surface area contributed by atoms with Crippen molar-refractivity contribution in [1.29, 1.82) is 0 Å². The van der Waals surface area contributed by atoms with E-state index in [0.29, 0.717) is 5.92 Å².